The Labute approximate surface area is 94.3 Å². The number of hydrogen-bond acceptors (Lipinski definition) is 2. The number of carboxylic acids is 1. The molecule has 0 amide bonds. The number of benzene rings is 1. The van der Waals surface area contributed by atoms with Gasteiger partial charge < -0.3 is 10.0 Å². The summed E-state index contributed by atoms with van der Waals surface area (Å²) >= 11 is 5.86. The van der Waals surface area contributed by atoms with Gasteiger partial charge in [-0.25, -0.2) is 0 Å². The second kappa shape index (κ2) is 5.14. The van der Waals surface area contributed by atoms with Crippen LogP contribution in [0, 0.1) is 0 Å². The minimum Gasteiger partial charge on any atom is -0.481 e. The van der Waals surface area contributed by atoms with Crippen molar-refractivity contribution in [3.8, 4) is 0 Å². The topological polar surface area (TPSA) is 40.5 Å². The van der Waals surface area contributed by atoms with Crippen molar-refractivity contribution in [2.24, 2.45) is 0 Å². The highest BCUT2D eigenvalue weighted by molar-refractivity contribution is 6.30. The SMILES string of the molecule is CN(C)C(CC(=O)O)c1cccc(Cl)c1. The molecule has 1 rings (SSSR count). The molecule has 0 heterocycles. The predicted octanol–water partition coefficient (Wildman–Crippen LogP) is 2.42. The van der Waals surface area contributed by atoms with E-state index in [1.165, 1.54) is 0 Å². The van der Waals surface area contributed by atoms with Gasteiger partial charge in [0.1, 0.15) is 0 Å². The summed E-state index contributed by atoms with van der Waals surface area (Å²) in [6, 6.07) is 7.16. The van der Waals surface area contributed by atoms with Crippen LogP contribution in [-0.4, -0.2) is 30.1 Å². The smallest absolute Gasteiger partial charge is 0.305 e. The van der Waals surface area contributed by atoms with Gasteiger partial charge in [-0.1, -0.05) is 23.7 Å². The van der Waals surface area contributed by atoms with Gasteiger partial charge in [0.15, 0.2) is 0 Å². The van der Waals surface area contributed by atoms with Crippen LogP contribution in [0.5, 0.6) is 0 Å². The second-order valence-corrected chi connectivity index (χ2v) is 4.07. The van der Waals surface area contributed by atoms with Gasteiger partial charge >= 0.3 is 5.97 Å². The fourth-order valence-corrected chi connectivity index (χ4v) is 1.68. The lowest BCUT2D eigenvalue weighted by atomic mass is 10.0. The molecule has 0 radical (unpaired) electrons. The molecule has 0 spiro atoms. The van der Waals surface area contributed by atoms with Gasteiger partial charge in [-0.2, -0.15) is 0 Å². The summed E-state index contributed by atoms with van der Waals surface area (Å²) in [6.07, 6.45) is 0.0767. The van der Waals surface area contributed by atoms with Crippen LogP contribution in [0.3, 0.4) is 0 Å². The molecule has 0 saturated carbocycles. The standard InChI is InChI=1S/C11H14ClNO2/c1-13(2)10(7-11(14)15)8-4-3-5-9(12)6-8/h3-6,10H,7H2,1-2H3,(H,14,15). The fraction of sp³-hybridized carbons (Fsp3) is 0.364. The maximum Gasteiger partial charge on any atom is 0.305 e. The minimum atomic E-state index is -0.811. The summed E-state index contributed by atoms with van der Waals surface area (Å²) in [5, 5.41) is 9.43. The fourth-order valence-electron chi connectivity index (χ4n) is 1.48. The van der Waals surface area contributed by atoms with E-state index in [0.717, 1.165) is 5.56 Å². The molecule has 0 bridgehead atoms. The average Bonchev–Trinajstić information content (AvgIpc) is 2.13. The zero-order chi connectivity index (χ0) is 11.4. The molecule has 0 fully saturated rings. The van der Waals surface area contributed by atoms with E-state index in [-0.39, 0.29) is 12.5 Å². The monoisotopic (exact) mass is 227 g/mol. The number of hydrogen-bond donors (Lipinski definition) is 1. The van der Waals surface area contributed by atoms with E-state index in [1.807, 2.05) is 31.1 Å². The normalized spacial score (nSPS) is 12.8. The molecule has 0 aliphatic heterocycles. The molecule has 1 N–H and O–H groups in total. The first-order valence-electron chi connectivity index (χ1n) is 4.64. The van der Waals surface area contributed by atoms with Gasteiger partial charge in [-0.15, -0.1) is 0 Å². The number of nitrogens with zero attached hydrogens (tertiary/aromatic N) is 1. The lowest BCUT2D eigenvalue weighted by Gasteiger charge is -2.23. The molecule has 1 atom stereocenters. The molecule has 0 aliphatic rings. The van der Waals surface area contributed by atoms with E-state index in [2.05, 4.69) is 0 Å². The van der Waals surface area contributed by atoms with Crippen molar-refractivity contribution < 1.29 is 9.90 Å². The van der Waals surface area contributed by atoms with Crippen LogP contribution in [0.2, 0.25) is 5.02 Å². The summed E-state index contributed by atoms with van der Waals surface area (Å²) in [6.45, 7) is 0. The molecular weight excluding hydrogens is 214 g/mol. The van der Waals surface area contributed by atoms with Crippen LogP contribution >= 0.6 is 11.6 Å². The lowest BCUT2D eigenvalue weighted by molar-refractivity contribution is -0.138. The highest BCUT2D eigenvalue weighted by atomic mass is 35.5. The largest absolute Gasteiger partial charge is 0.481 e. The van der Waals surface area contributed by atoms with Crippen LogP contribution in [0.25, 0.3) is 0 Å². The summed E-state index contributed by atoms with van der Waals surface area (Å²) in [5.74, 6) is -0.811. The van der Waals surface area contributed by atoms with Gasteiger partial charge in [0.2, 0.25) is 0 Å². The number of halogens is 1. The number of carbonyl (C=O) groups is 1. The van der Waals surface area contributed by atoms with Gasteiger partial charge in [-0.3, -0.25) is 4.79 Å². The van der Waals surface area contributed by atoms with Crippen molar-refractivity contribution in [2.75, 3.05) is 14.1 Å². The number of carboxylic acid groups (broad SMARTS) is 1. The van der Waals surface area contributed by atoms with Crippen molar-refractivity contribution >= 4 is 17.6 Å². The van der Waals surface area contributed by atoms with E-state index in [0.29, 0.717) is 5.02 Å². The molecule has 15 heavy (non-hydrogen) atoms. The Morgan fingerprint density at radius 2 is 2.20 bits per heavy atom. The van der Waals surface area contributed by atoms with Crippen LogP contribution in [0.1, 0.15) is 18.0 Å². The number of aliphatic carboxylic acids is 1. The highest BCUT2D eigenvalue weighted by Gasteiger charge is 2.17. The Kier molecular flexibility index (Phi) is 4.12. The molecule has 82 valence electrons. The van der Waals surface area contributed by atoms with Crippen molar-refractivity contribution in [3.63, 3.8) is 0 Å². The van der Waals surface area contributed by atoms with Crippen molar-refractivity contribution in [2.45, 2.75) is 12.5 Å². The van der Waals surface area contributed by atoms with Gasteiger partial charge in [0.25, 0.3) is 0 Å². The first kappa shape index (κ1) is 12.0. The molecule has 1 aromatic rings. The third kappa shape index (κ3) is 3.53. The van der Waals surface area contributed by atoms with E-state index in [9.17, 15) is 4.79 Å². The lowest BCUT2D eigenvalue weighted by Crippen LogP contribution is -2.22. The maximum absolute atomic E-state index is 10.7. The second-order valence-electron chi connectivity index (χ2n) is 3.63. The van der Waals surface area contributed by atoms with E-state index in [4.69, 9.17) is 16.7 Å². The summed E-state index contributed by atoms with van der Waals surface area (Å²) < 4.78 is 0. The number of rotatable bonds is 4. The molecule has 4 heteroatoms. The minimum absolute atomic E-state index is 0.0767. The molecule has 0 saturated heterocycles. The van der Waals surface area contributed by atoms with Crippen LogP contribution < -0.4 is 0 Å². The van der Waals surface area contributed by atoms with Crippen LogP contribution in [0.15, 0.2) is 24.3 Å². The van der Waals surface area contributed by atoms with E-state index < -0.39 is 5.97 Å². The predicted molar refractivity (Wildman–Crippen MR) is 60.1 cm³/mol. The Balaban J connectivity index is 2.93. The Bertz CT molecular complexity index is 352. The van der Waals surface area contributed by atoms with Gasteiger partial charge in [0.05, 0.1) is 6.42 Å². The molecule has 3 nitrogen and oxygen atoms in total. The van der Waals surface area contributed by atoms with Crippen molar-refractivity contribution in [1.29, 1.82) is 0 Å². The quantitative estimate of drug-likeness (QED) is 0.859. The first-order chi connectivity index (χ1) is 7.00. The Morgan fingerprint density at radius 1 is 1.53 bits per heavy atom. The third-order valence-electron chi connectivity index (χ3n) is 2.22. The molecule has 1 aromatic carbocycles. The first-order valence-corrected chi connectivity index (χ1v) is 5.02. The summed E-state index contributed by atoms with van der Waals surface area (Å²) in [7, 11) is 3.71. The maximum atomic E-state index is 10.7. The summed E-state index contributed by atoms with van der Waals surface area (Å²) in [4.78, 5) is 12.6. The van der Waals surface area contributed by atoms with Gasteiger partial charge in [-0.05, 0) is 31.8 Å². The van der Waals surface area contributed by atoms with Crippen molar-refractivity contribution in [1.82, 2.24) is 4.90 Å². The molecule has 0 aromatic heterocycles. The molecular formula is C11H14ClNO2. The highest BCUT2D eigenvalue weighted by Crippen LogP contribution is 2.24. The average molecular weight is 228 g/mol. The third-order valence-corrected chi connectivity index (χ3v) is 2.46. The molecule has 1 unspecified atom stereocenters. The van der Waals surface area contributed by atoms with Gasteiger partial charge in [0, 0.05) is 11.1 Å². The van der Waals surface area contributed by atoms with E-state index in [1.54, 1.807) is 12.1 Å². The van der Waals surface area contributed by atoms with Crippen LogP contribution in [0.4, 0.5) is 0 Å². The molecule has 0 aliphatic carbocycles. The Hall–Kier alpha value is -1.06. The van der Waals surface area contributed by atoms with E-state index >= 15 is 0 Å². The van der Waals surface area contributed by atoms with Crippen molar-refractivity contribution in [3.05, 3.63) is 34.9 Å². The summed E-state index contributed by atoms with van der Waals surface area (Å²) in [5.41, 5.74) is 0.926. The Morgan fingerprint density at radius 3 is 2.67 bits per heavy atom. The van der Waals surface area contributed by atoms with Crippen LogP contribution in [-0.2, 0) is 4.79 Å². The zero-order valence-electron chi connectivity index (χ0n) is 8.77. The zero-order valence-corrected chi connectivity index (χ0v) is 9.53.